The van der Waals surface area contributed by atoms with Gasteiger partial charge in [0, 0.05) is 12.8 Å². The topological polar surface area (TPSA) is 12.4 Å². The van der Waals surface area contributed by atoms with Gasteiger partial charge in [-0.25, -0.2) is 0 Å². The van der Waals surface area contributed by atoms with Gasteiger partial charge in [-0.3, -0.25) is 4.99 Å². The van der Waals surface area contributed by atoms with Crippen molar-refractivity contribution in [3.63, 3.8) is 0 Å². The molecule has 13 heavy (non-hydrogen) atoms. The van der Waals surface area contributed by atoms with Crippen molar-refractivity contribution in [1.29, 1.82) is 0 Å². The van der Waals surface area contributed by atoms with Crippen LogP contribution in [0.2, 0.25) is 0 Å². The first kappa shape index (κ1) is 12.4. The number of aliphatic imine (C=N–C) groups is 1. The Kier molecular flexibility index (Phi) is 7.66. The summed E-state index contributed by atoms with van der Waals surface area (Å²) >= 11 is 0. The molecule has 0 aromatic carbocycles. The highest BCUT2D eigenvalue weighted by Crippen LogP contribution is 2.05. The Balaban J connectivity index is 3.51. The van der Waals surface area contributed by atoms with Crippen LogP contribution in [0, 0.1) is 5.92 Å². The van der Waals surface area contributed by atoms with E-state index in [1.165, 1.54) is 18.4 Å². The Morgan fingerprint density at radius 2 is 2.08 bits per heavy atom. The molecule has 0 rings (SSSR count). The lowest BCUT2D eigenvalue weighted by Crippen LogP contribution is -1.95. The van der Waals surface area contributed by atoms with Crippen LogP contribution in [0.4, 0.5) is 0 Å². The third-order valence-electron chi connectivity index (χ3n) is 1.89. The largest absolute Gasteiger partial charge is 0.297 e. The molecule has 1 heteroatoms. The molecule has 76 valence electrons. The molecule has 0 N–H and O–H groups in total. The minimum absolute atomic E-state index is 0.627. The Bertz CT molecular complexity index is 164. The van der Waals surface area contributed by atoms with Crippen LogP contribution in [0.1, 0.15) is 47.0 Å². The molecule has 0 aromatic heterocycles. The molecule has 0 aliphatic carbocycles. The van der Waals surface area contributed by atoms with Gasteiger partial charge in [-0.2, -0.15) is 0 Å². The SMILES string of the molecule is CCCN=CC(C)CCC=C(C)C. The number of hydrogen-bond donors (Lipinski definition) is 0. The third kappa shape index (κ3) is 9.32. The van der Waals surface area contributed by atoms with Crippen LogP contribution in [0.15, 0.2) is 16.6 Å². The molecule has 0 aliphatic rings. The molecule has 0 radical (unpaired) electrons. The summed E-state index contributed by atoms with van der Waals surface area (Å²) in [6.45, 7) is 9.67. The normalized spacial score (nSPS) is 13.2. The van der Waals surface area contributed by atoms with E-state index in [-0.39, 0.29) is 0 Å². The second-order valence-corrected chi connectivity index (χ2v) is 3.89. The van der Waals surface area contributed by atoms with Gasteiger partial charge in [0.1, 0.15) is 0 Å². The van der Waals surface area contributed by atoms with Gasteiger partial charge in [0.05, 0.1) is 0 Å². The van der Waals surface area contributed by atoms with E-state index in [0.29, 0.717) is 5.92 Å². The zero-order valence-electron chi connectivity index (χ0n) is 9.51. The Morgan fingerprint density at radius 3 is 2.62 bits per heavy atom. The van der Waals surface area contributed by atoms with Crippen molar-refractivity contribution in [2.24, 2.45) is 10.9 Å². The third-order valence-corrected chi connectivity index (χ3v) is 1.89. The molecule has 0 aromatic rings. The van der Waals surface area contributed by atoms with Gasteiger partial charge in [-0.1, -0.05) is 25.5 Å². The van der Waals surface area contributed by atoms with Gasteiger partial charge in [0.25, 0.3) is 0 Å². The summed E-state index contributed by atoms with van der Waals surface area (Å²) in [5, 5.41) is 0. The highest BCUT2D eigenvalue weighted by molar-refractivity contribution is 5.60. The van der Waals surface area contributed by atoms with Gasteiger partial charge in [0.15, 0.2) is 0 Å². The van der Waals surface area contributed by atoms with Gasteiger partial charge in [-0.05, 0) is 39.0 Å². The second-order valence-electron chi connectivity index (χ2n) is 3.89. The molecule has 0 heterocycles. The number of allylic oxidation sites excluding steroid dienone is 2. The van der Waals surface area contributed by atoms with Crippen LogP contribution in [0.3, 0.4) is 0 Å². The van der Waals surface area contributed by atoms with Gasteiger partial charge in [0.2, 0.25) is 0 Å². The fraction of sp³-hybridized carbons (Fsp3) is 0.750. The molecule has 0 aliphatic heterocycles. The minimum Gasteiger partial charge on any atom is -0.297 e. The van der Waals surface area contributed by atoms with E-state index in [4.69, 9.17) is 0 Å². The van der Waals surface area contributed by atoms with Crippen LogP contribution in [-0.4, -0.2) is 12.8 Å². The first-order valence-corrected chi connectivity index (χ1v) is 5.30. The molecule has 1 unspecified atom stereocenters. The molecule has 1 atom stereocenters. The fourth-order valence-electron chi connectivity index (χ4n) is 1.09. The highest BCUT2D eigenvalue weighted by atomic mass is 14.7. The van der Waals surface area contributed by atoms with Crippen LogP contribution in [0.5, 0.6) is 0 Å². The van der Waals surface area contributed by atoms with E-state index in [0.717, 1.165) is 13.0 Å². The predicted molar refractivity (Wildman–Crippen MR) is 61.5 cm³/mol. The van der Waals surface area contributed by atoms with E-state index in [1.54, 1.807) is 0 Å². The summed E-state index contributed by atoms with van der Waals surface area (Å²) in [4.78, 5) is 4.34. The summed E-state index contributed by atoms with van der Waals surface area (Å²) < 4.78 is 0. The van der Waals surface area contributed by atoms with Crippen molar-refractivity contribution >= 4 is 6.21 Å². The number of rotatable bonds is 6. The molecule has 0 bridgehead atoms. The van der Waals surface area contributed by atoms with Gasteiger partial charge < -0.3 is 0 Å². The second kappa shape index (κ2) is 8.03. The fourth-order valence-corrected chi connectivity index (χ4v) is 1.09. The number of nitrogens with zero attached hydrogens (tertiary/aromatic N) is 1. The van der Waals surface area contributed by atoms with E-state index >= 15 is 0 Å². The van der Waals surface area contributed by atoms with Gasteiger partial charge >= 0.3 is 0 Å². The van der Waals surface area contributed by atoms with Crippen LogP contribution >= 0.6 is 0 Å². The highest BCUT2D eigenvalue weighted by Gasteiger charge is 1.95. The lowest BCUT2D eigenvalue weighted by atomic mass is 10.1. The molecule has 0 saturated carbocycles. The first-order valence-electron chi connectivity index (χ1n) is 5.30. The maximum absolute atomic E-state index is 4.34. The molecular formula is C12H23N. The van der Waals surface area contributed by atoms with Crippen molar-refractivity contribution in [3.05, 3.63) is 11.6 Å². The van der Waals surface area contributed by atoms with Crippen LogP contribution < -0.4 is 0 Å². The van der Waals surface area contributed by atoms with Crippen molar-refractivity contribution in [1.82, 2.24) is 0 Å². The smallest absolute Gasteiger partial charge is 0.0382 e. The molecule has 1 nitrogen and oxygen atoms in total. The molecule has 0 fully saturated rings. The molecule has 0 spiro atoms. The maximum atomic E-state index is 4.34. The summed E-state index contributed by atoms with van der Waals surface area (Å²) in [5.41, 5.74) is 1.41. The lowest BCUT2D eigenvalue weighted by molar-refractivity contribution is 0.700. The van der Waals surface area contributed by atoms with Crippen molar-refractivity contribution in [3.8, 4) is 0 Å². The van der Waals surface area contributed by atoms with E-state index in [2.05, 4.69) is 45.0 Å². The molecule has 0 amide bonds. The predicted octanol–water partition coefficient (Wildman–Crippen LogP) is 3.85. The van der Waals surface area contributed by atoms with Crippen LogP contribution in [-0.2, 0) is 0 Å². The summed E-state index contributed by atoms with van der Waals surface area (Å²) in [7, 11) is 0. The van der Waals surface area contributed by atoms with Crippen LogP contribution in [0.25, 0.3) is 0 Å². The molecular weight excluding hydrogens is 158 g/mol. The minimum atomic E-state index is 0.627. The quantitative estimate of drug-likeness (QED) is 0.436. The average molecular weight is 181 g/mol. The van der Waals surface area contributed by atoms with E-state index in [1.807, 2.05) is 0 Å². The summed E-state index contributed by atoms with van der Waals surface area (Å²) in [6.07, 6.45) is 7.95. The monoisotopic (exact) mass is 181 g/mol. The van der Waals surface area contributed by atoms with E-state index in [9.17, 15) is 0 Å². The van der Waals surface area contributed by atoms with Crippen molar-refractivity contribution < 1.29 is 0 Å². The molecule has 0 saturated heterocycles. The first-order chi connectivity index (χ1) is 6.16. The average Bonchev–Trinajstić information content (AvgIpc) is 2.04. The summed E-state index contributed by atoms with van der Waals surface area (Å²) in [5.74, 6) is 0.627. The van der Waals surface area contributed by atoms with Crippen molar-refractivity contribution in [2.75, 3.05) is 6.54 Å². The summed E-state index contributed by atoms with van der Waals surface area (Å²) in [6, 6.07) is 0. The Hall–Kier alpha value is -0.590. The van der Waals surface area contributed by atoms with Crippen molar-refractivity contribution in [2.45, 2.75) is 47.0 Å². The Labute approximate surface area is 83.0 Å². The zero-order chi connectivity index (χ0) is 10.1. The maximum Gasteiger partial charge on any atom is 0.0382 e. The van der Waals surface area contributed by atoms with Gasteiger partial charge in [-0.15, -0.1) is 0 Å². The number of hydrogen-bond acceptors (Lipinski definition) is 1. The lowest BCUT2D eigenvalue weighted by Gasteiger charge is -2.02. The standard InChI is InChI=1S/C12H23N/c1-5-9-13-10-12(4)8-6-7-11(2)3/h7,10,12H,5-6,8-9H2,1-4H3. The Morgan fingerprint density at radius 1 is 1.38 bits per heavy atom. The van der Waals surface area contributed by atoms with E-state index < -0.39 is 0 Å². The zero-order valence-corrected chi connectivity index (χ0v) is 9.51.